The van der Waals surface area contributed by atoms with Gasteiger partial charge in [0.15, 0.2) is 5.78 Å². The summed E-state index contributed by atoms with van der Waals surface area (Å²) in [5, 5.41) is 10.6. The van der Waals surface area contributed by atoms with Crippen LogP contribution in [0.5, 0.6) is 5.75 Å². The Balaban J connectivity index is 2.09. The van der Waals surface area contributed by atoms with Crippen molar-refractivity contribution < 1.29 is 14.3 Å². The van der Waals surface area contributed by atoms with E-state index in [2.05, 4.69) is 0 Å². The first-order valence-corrected chi connectivity index (χ1v) is 8.51. The molecule has 0 fully saturated rings. The van der Waals surface area contributed by atoms with Gasteiger partial charge < -0.3 is 9.52 Å². The lowest BCUT2D eigenvalue weighted by Gasteiger charge is -2.12. The van der Waals surface area contributed by atoms with Crippen LogP contribution in [0.25, 0.3) is 22.3 Å². The zero-order valence-corrected chi connectivity index (χ0v) is 14.5. The highest BCUT2D eigenvalue weighted by atomic mass is 32.1. The smallest absolute Gasteiger partial charge is 0.198 e. The van der Waals surface area contributed by atoms with Crippen LogP contribution in [0.3, 0.4) is 0 Å². The number of aromatic hydroxyl groups is 1. The van der Waals surface area contributed by atoms with Gasteiger partial charge in [0.1, 0.15) is 17.1 Å². The molecule has 4 heteroatoms. The summed E-state index contributed by atoms with van der Waals surface area (Å²) in [6.45, 7) is 0. The molecule has 0 spiro atoms. The fourth-order valence-corrected chi connectivity index (χ4v) is 3.35. The van der Waals surface area contributed by atoms with E-state index < -0.39 is 0 Å². The van der Waals surface area contributed by atoms with Gasteiger partial charge in [0.05, 0.1) is 15.5 Å². The number of hydrogen-bond acceptors (Lipinski definition) is 4. The molecule has 3 aromatic carbocycles. The van der Waals surface area contributed by atoms with Crippen LogP contribution in [0.4, 0.5) is 0 Å². The predicted molar refractivity (Wildman–Crippen MR) is 104 cm³/mol. The summed E-state index contributed by atoms with van der Waals surface area (Å²) in [6, 6.07) is 23.2. The Morgan fingerprint density at radius 1 is 0.846 bits per heavy atom. The van der Waals surface area contributed by atoms with E-state index >= 15 is 0 Å². The third-order valence-electron chi connectivity index (χ3n) is 4.20. The Labute approximate surface area is 155 Å². The first-order valence-electron chi connectivity index (χ1n) is 8.11. The van der Waals surface area contributed by atoms with E-state index in [1.54, 1.807) is 36.4 Å². The average Bonchev–Trinajstić information content (AvgIpc) is 2.68. The lowest BCUT2D eigenvalue weighted by Crippen LogP contribution is -2.05. The van der Waals surface area contributed by atoms with Gasteiger partial charge >= 0.3 is 0 Å². The molecule has 0 aliphatic rings. The molecular weight excluding hydrogens is 344 g/mol. The third kappa shape index (κ3) is 2.70. The van der Waals surface area contributed by atoms with Crippen molar-refractivity contribution in [3.05, 3.63) is 94.5 Å². The van der Waals surface area contributed by atoms with E-state index in [1.165, 1.54) is 6.07 Å². The van der Waals surface area contributed by atoms with Crippen molar-refractivity contribution in [3.63, 3.8) is 0 Å². The monoisotopic (exact) mass is 358 g/mol. The van der Waals surface area contributed by atoms with Crippen molar-refractivity contribution in [1.82, 2.24) is 0 Å². The second-order valence-corrected chi connectivity index (χ2v) is 6.26. The van der Waals surface area contributed by atoms with Gasteiger partial charge in [-0.15, -0.1) is 0 Å². The van der Waals surface area contributed by atoms with Crippen LogP contribution in [0.15, 0.2) is 83.3 Å². The Morgan fingerprint density at radius 3 is 2.19 bits per heavy atom. The van der Waals surface area contributed by atoms with E-state index in [0.717, 1.165) is 5.56 Å². The molecule has 1 heterocycles. The molecule has 4 rings (SSSR count). The number of hydrogen-bond donors (Lipinski definition) is 1. The molecular formula is C22H14O3S. The van der Waals surface area contributed by atoms with Crippen molar-refractivity contribution in [2.45, 2.75) is 0 Å². The van der Waals surface area contributed by atoms with Crippen LogP contribution >= 0.6 is 12.2 Å². The third-order valence-corrected chi connectivity index (χ3v) is 4.60. The van der Waals surface area contributed by atoms with Gasteiger partial charge in [0.2, 0.25) is 0 Å². The molecule has 1 N–H and O–H groups in total. The summed E-state index contributed by atoms with van der Waals surface area (Å²) >= 11 is 5.60. The number of rotatable bonds is 3. The molecule has 0 aliphatic carbocycles. The molecule has 0 saturated carbocycles. The maximum atomic E-state index is 13.2. The first-order chi connectivity index (χ1) is 12.7. The molecule has 4 aromatic rings. The Kier molecular flexibility index (Phi) is 4.11. The second-order valence-electron chi connectivity index (χ2n) is 5.85. The normalized spacial score (nSPS) is 10.8. The largest absolute Gasteiger partial charge is 0.507 e. The van der Waals surface area contributed by atoms with Gasteiger partial charge in [0, 0.05) is 11.1 Å². The quantitative estimate of drug-likeness (QED) is 0.373. The fraction of sp³-hybridized carbons (Fsp3) is 0. The van der Waals surface area contributed by atoms with E-state index in [1.807, 2.05) is 36.4 Å². The molecule has 0 bridgehead atoms. The number of ketones is 1. The Hall–Kier alpha value is -3.24. The number of fused-ring (bicyclic) bond motifs is 1. The van der Waals surface area contributed by atoms with Crippen LogP contribution in [-0.4, -0.2) is 10.9 Å². The molecule has 0 unspecified atom stereocenters. The minimum absolute atomic E-state index is 0.00188. The maximum absolute atomic E-state index is 13.2. The summed E-state index contributed by atoms with van der Waals surface area (Å²) in [5.41, 5.74) is 1.99. The Bertz CT molecular complexity index is 1160. The highest BCUT2D eigenvalue weighted by Gasteiger charge is 2.22. The highest BCUT2D eigenvalue weighted by molar-refractivity contribution is 7.71. The standard InChI is InChI=1S/C22H14O3S/c23-16-12-7-13-17-18(16)22(26)19(20(24)14-8-3-1-4-9-14)21(25-17)15-10-5-2-6-11-15/h1-13,23H. The molecule has 0 aliphatic heterocycles. The van der Waals surface area contributed by atoms with Crippen molar-refractivity contribution in [2.24, 2.45) is 0 Å². The molecule has 0 amide bonds. The minimum atomic E-state index is -0.233. The zero-order valence-electron chi connectivity index (χ0n) is 13.7. The van der Waals surface area contributed by atoms with Gasteiger partial charge in [-0.2, -0.15) is 0 Å². The first kappa shape index (κ1) is 16.2. The van der Waals surface area contributed by atoms with Crippen molar-refractivity contribution >= 4 is 29.0 Å². The lowest BCUT2D eigenvalue weighted by molar-refractivity contribution is 0.103. The molecule has 0 radical (unpaired) electrons. The van der Waals surface area contributed by atoms with Gasteiger partial charge in [0.25, 0.3) is 0 Å². The predicted octanol–water partition coefficient (Wildman–Crippen LogP) is 5.77. The summed E-state index contributed by atoms with van der Waals surface area (Å²) in [5.74, 6) is 0.170. The number of carbonyl (C=O) groups excluding carboxylic acids is 1. The van der Waals surface area contributed by atoms with Crippen LogP contribution < -0.4 is 0 Å². The Morgan fingerprint density at radius 2 is 1.50 bits per heavy atom. The van der Waals surface area contributed by atoms with Crippen molar-refractivity contribution in [2.75, 3.05) is 0 Å². The van der Waals surface area contributed by atoms with Crippen LogP contribution in [-0.2, 0) is 0 Å². The summed E-state index contributed by atoms with van der Waals surface area (Å²) in [7, 11) is 0. The van der Waals surface area contributed by atoms with Gasteiger partial charge in [-0.1, -0.05) is 78.9 Å². The summed E-state index contributed by atoms with van der Waals surface area (Å²) in [4.78, 5) is 13.2. The molecule has 3 nitrogen and oxygen atoms in total. The maximum Gasteiger partial charge on any atom is 0.198 e. The van der Waals surface area contributed by atoms with Crippen molar-refractivity contribution in [3.8, 4) is 17.1 Å². The van der Waals surface area contributed by atoms with Crippen LogP contribution in [0.1, 0.15) is 15.9 Å². The summed E-state index contributed by atoms with van der Waals surface area (Å²) < 4.78 is 6.32. The summed E-state index contributed by atoms with van der Waals surface area (Å²) in [6.07, 6.45) is 0. The molecule has 0 saturated heterocycles. The number of phenolic OH excluding ortho intramolecular Hbond substituents is 1. The molecule has 26 heavy (non-hydrogen) atoms. The fourth-order valence-electron chi connectivity index (χ4n) is 2.95. The minimum Gasteiger partial charge on any atom is -0.507 e. The van der Waals surface area contributed by atoms with Crippen LogP contribution in [0.2, 0.25) is 0 Å². The SMILES string of the molecule is O=C(c1ccccc1)c1c(-c2ccccc2)oc2cccc(O)c2c1=S. The highest BCUT2D eigenvalue weighted by Crippen LogP contribution is 2.35. The number of phenols is 1. The lowest BCUT2D eigenvalue weighted by atomic mass is 9.97. The van der Waals surface area contributed by atoms with Gasteiger partial charge in [-0.05, 0) is 12.1 Å². The van der Waals surface area contributed by atoms with Crippen molar-refractivity contribution in [1.29, 1.82) is 0 Å². The van der Waals surface area contributed by atoms with E-state index in [-0.39, 0.29) is 21.6 Å². The topological polar surface area (TPSA) is 50.4 Å². The zero-order chi connectivity index (χ0) is 18.1. The molecule has 1 aromatic heterocycles. The van der Waals surface area contributed by atoms with E-state index in [9.17, 15) is 9.90 Å². The van der Waals surface area contributed by atoms with Crippen LogP contribution in [0, 0.1) is 4.51 Å². The van der Waals surface area contributed by atoms with E-state index in [0.29, 0.717) is 22.3 Å². The second kappa shape index (κ2) is 6.58. The average molecular weight is 358 g/mol. The number of carbonyl (C=O) groups is 1. The molecule has 126 valence electrons. The van der Waals surface area contributed by atoms with E-state index in [4.69, 9.17) is 16.6 Å². The molecule has 0 atom stereocenters. The van der Waals surface area contributed by atoms with Gasteiger partial charge in [-0.25, -0.2) is 0 Å². The number of benzene rings is 3. The van der Waals surface area contributed by atoms with Gasteiger partial charge in [-0.3, -0.25) is 4.79 Å².